The van der Waals surface area contributed by atoms with Crippen molar-refractivity contribution in [1.82, 2.24) is 4.98 Å². The normalized spacial score (nSPS) is 12.5. The van der Waals surface area contributed by atoms with Crippen molar-refractivity contribution in [2.24, 2.45) is 5.73 Å². The molecule has 4 heteroatoms. The quantitative estimate of drug-likeness (QED) is 0.835. The van der Waals surface area contributed by atoms with Gasteiger partial charge in [0.25, 0.3) is 0 Å². The topological polar surface area (TPSA) is 68.1 Å². The third kappa shape index (κ3) is 6.00. The number of H-pyrrole nitrogens is 1. The predicted molar refractivity (Wildman–Crippen MR) is 91.4 cm³/mol. The van der Waals surface area contributed by atoms with Gasteiger partial charge in [0.1, 0.15) is 0 Å². The van der Waals surface area contributed by atoms with Crippen molar-refractivity contribution in [3.8, 4) is 0 Å². The zero-order chi connectivity index (χ0) is 16.8. The van der Waals surface area contributed by atoms with Crippen molar-refractivity contribution in [2.75, 3.05) is 13.7 Å². The Labute approximate surface area is 128 Å². The largest absolute Gasteiger partial charge is 0.469 e. The van der Waals surface area contributed by atoms with E-state index >= 15 is 0 Å². The third-order valence-corrected chi connectivity index (χ3v) is 2.65. The zero-order valence-electron chi connectivity index (χ0n) is 14.2. The molecule has 0 aliphatic heterocycles. The summed E-state index contributed by atoms with van der Waals surface area (Å²) in [4.78, 5) is 14.7. The molecule has 0 amide bonds. The van der Waals surface area contributed by atoms with Gasteiger partial charge in [0.2, 0.25) is 0 Å². The minimum Gasteiger partial charge on any atom is -0.469 e. The molecule has 21 heavy (non-hydrogen) atoms. The number of allylic oxidation sites excluding steroid dienone is 1. The number of aromatic amines is 1. The summed E-state index contributed by atoms with van der Waals surface area (Å²) < 4.78 is 4.75. The van der Waals surface area contributed by atoms with Gasteiger partial charge in [-0.25, -0.2) is 0 Å². The van der Waals surface area contributed by atoms with Gasteiger partial charge >= 0.3 is 5.97 Å². The number of aromatic nitrogens is 1. The lowest BCUT2D eigenvalue weighted by molar-refractivity contribution is -0.142. The van der Waals surface area contributed by atoms with E-state index in [1.54, 1.807) is 12.3 Å². The van der Waals surface area contributed by atoms with Crippen molar-refractivity contribution < 1.29 is 9.53 Å². The summed E-state index contributed by atoms with van der Waals surface area (Å²) in [6.07, 6.45) is 7.27. The molecule has 1 rings (SSSR count). The molecule has 120 valence electrons. The predicted octanol–water partition coefficient (Wildman–Crippen LogP) is 2.05. The minimum absolute atomic E-state index is 0.221. The average molecular weight is 294 g/mol. The van der Waals surface area contributed by atoms with Crippen LogP contribution in [0.3, 0.4) is 0 Å². The number of esters is 1. The first kappa shape index (κ1) is 21.5. The van der Waals surface area contributed by atoms with E-state index in [1.807, 2.05) is 46.8 Å². The Morgan fingerprint density at radius 1 is 1.43 bits per heavy atom. The number of nitrogens with one attached hydrogen (secondary N) is 1. The van der Waals surface area contributed by atoms with Crippen LogP contribution < -0.4 is 16.3 Å². The van der Waals surface area contributed by atoms with E-state index in [0.717, 1.165) is 16.1 Å². The van der Waals surface area contributed by atoms with Gasteiger partial charge in [-0.15, -0.1) is 0 Å². The van der Waals surface area contributed by atoms with Crippen LogP contribution in [0.4, 0.5) is 0 Å². The molecule has 1 unspecified atom stereocenters. The highest BCUT2D eigenvalue weighted by molar-refractivity contribution is 5.78. The van der Waals surface area contributed by atoms with Gasteiger partial charge in [-0.1, -0.05) is 46.4 Å². The number of nitrogens with two attached hydrogens (primary N) is 1. The molecule has 0 bridgehead atoms. The second-order valence-corrected chi connectivity index (χ2v) is 3.57. The SMILES string of the molecule is C=C/C=c1/[nH]cc(C(CN)C(=O)OC)/c1=C/C.CC.CC. The lowest BCUT2D eigenvalue weighted by Gasteiger charge is -2.10. The fraction of sp³-hybridized carbons (Fsp3) is 0.471. The first-order chi connectivity index (χ1) is 10.2. The van der Waals surface area contributed by atoms with Crippen LogP contribution in [-0.4, -0.2) is 24.6 Å². The van der Waals surface area contributed by atoms with Crippen LogP contribution in [0.1, 0.15) is 46.1 Å². The van der Waals surface area contributed by atoms with Gasteiger partial charge in [-0.05, 0) is 23.8 Å². The monoisotopic (exact) mass is 294 g/mol. The molecule has 1 atom stereocenters. The summed E-state index contributed by atoms with van der Waals surface area (Å²) in [6, 6.07) is 0. The van der Waals surface area contributed by atoms with E-state index in [1.165, 1.54) is 7.11 Å². The van der Waals surface area contributed by atoms with Crippen LogP contribution in [0.2, 0.25) is 0 Å². The molecule has 0 saturated carbocycles. The molecule has 0 aliphatic rings. The molecular weight excluding hydrogens is 264 g/mol. The lowest BCUT2D eigenvalue weighted by atomic mass is 10.0. The molecule has 1 aromatic rings. The number of carbonyl (C=O) groups excluding carboxylic acids is 1. The molecule has 0 spiro atoms. The van der Waals surface area contributed by atoms with Crippen molar-refractivity contribution in [3.05, 3.63) is 35.0 Å². The summed E-state index contributed by atoms with van der Waals surface area (Å²) in [5.41, 5.74) is 6.49. The number of rotatable bonds is 4. The number of carbonyl (C=O) groups is 1. The number of ether oxygens (including phenoxy) is 1. The van der Waals surface area contributed by atoms with E-state index in [4.69, 9.17) is 10.5 Å². The van der Waals surface area contributed by atoms with Gasteiger partial charge in [0.15, 0.2) is 0 Å². The maximum Gasteiger partial charge on any atom is 0.314 e. The lowest BCUT2D eigenvalue weighted by Crippen LogP contribution is -2.31. The Morgan fingerprint density at radius 3 is 2.38 bits per heavy atom. The van der Waals surface area contributed by atoms with E-state index in [-0.39, 0.29) is 12.5 Å². The Bertz CT molecular complexity index is 515. The summed E-state index contributed by atoms with van der Waals surface area (Å²) in [5.74, 6) is -0.755. The second-order valence-electron chi connectivity index (χ2n) is 3.57. The highest BCUT2D eigenvalue weighted by Crippen LogP contribution is 2.10. The van der Waals surface area contributed by atoms with Crippen LogP contribution >= 0.6 is 0 Å². The Hall–Kier alpha value is -1.81. The van der Waals surface area contributed by atoms with Gasteiger partial charge in [-0.3, -0.25) is 4.79 Å². The highest BCUT2D eigenvalue weighted by atomic mass is 16.5. The smallest absolute Gasteiger partial charge is 0.314 e. The number of hydrogen-bond donors (Lipinski definition) is 2. The van der Waals surface area contributed by atoms with Crippen LogP contribution in [0, 0.1) is 0 Å². The average Bonchev–Trinajstić information content (AvgIpc) is 2.94. The molecule has 3 N–H and O–H groups in total. The molecule has 1 heterocycles. The fourth-order valence-corrected chi connectivity index (χ4v) is 1.83. The maximum atomic E-state index is 11.6. The minimum atomic E-state index is -0.436. The van der Waals surface area contributed by atoms with Gasteiger partial charge < -0.3 is 15.5 Å². The van der Waals surface area contributed by atoms with Gasteiger partial charge in [-0.2, -0.15) is 0 Å². The molecule has 0 saturated heterocycles. The molecule has 0 aliphatic carbocycles. The number of methoxy groups -OCH3 is 1. The molecule has 0 fully saturated rings. The van der Waals surface area contributed by atoms with Crippen molar-refractivity contribution in [3.63, 3.8) is 0 Å². The first-order valence-corrected chi connectivity index (χ1v) is 7.43. The summed E-state index contributed by atoms with van der Waals surface area (Å²) in [7, 11) is 1.36. The third-order valence-electron chi connectivity index (χ3n) is 2.65. The Balaban J connectivity index is 0. The van der Waals surface area contributed by atoms with Crippen molar-refractivity contribution in [1.29, 1.82) is 0 Å². The standard InChI is InChI=1S/C13H18N2O2.2C2H6/c1-4-6-12-9(5-2)11(8-15-12)10(7-14)13(16)17-3;2*1-2/h4-6,8,10,15H,1,7,14H2,2-3H3;2*1-2H3/b9-5-,12-6+;;. The summed E-state index contributed by atoms with van der Waals surface area (Å²) in [5, 5.41) is 1.88. The Morgan fingerprint density at radius 2 is 2.00 bits per heavy atom. The fourth-order valence-electron chi connectivity index (χ4n) is 1.83. The van der Waals surface area contributed by atoms with Crippen molar-refractivity contribution >= 4 is 18.1 Å². The van der Waals surface area contributed by atoms with E-state index in [0.29, 0.717) is 0 Å². The molecule has 1 aromatic heterocycles. The highest BCUT2D eigenvalue weighted by Gasteiger charge is 2.21. The Kier molecular flexibility index (Phi) is 13.5. The van der Waals surface area contributed by atoms with Gasteiger partial charge in [0, 0.05) is 18.1 Å². The van der Waals surface area contributed by atoms with E-state index < -0.39 is 5.92 Å². The van der Waals surface area contributed by atoms with Crippen LogP contribution in [0.5, 0.6) is 0 Å². The molecular formula is C17H30N2O2. The van der Waals surface area contributed by atoms with Crippen LogP contribution in [-0.2, 0) is 9.53 Å². The number of hydrogen-bond acceptors (Lipinski definition) is 3. The first-order valence-electron chi connectivity index (χ1n) is 7.43. The van der Waals surface area contributed by atoms with E-state index in [9.17, 15) is 4.79 Å². The molecule has 0 aromatic carbocycles. The van der Waals surface area contributed by atoms with E-state index in [2.05, 4.69) is 11.6 Å². The van der Waals surface area contributed by atoms with Crippen molar-refractivity contribution in [2.45, 2.75) is 40.5 Å². The second kappa shape index (κ2) is 13.2. The maximum absolute atomic E-state index is 11.6. The molecule has 0 radical (unpaired) electrons. The zero-order valence-corrected chi connectivity index (χ0v) is 14.2. The summed E-state index contributed by atoms with van der Waals surface area (Å²) in [6.45, 7) is 13.8. The molecule has 4 nitrogen and oxygen atoms in total. The van der Waals surface area contributed by atoms with Gasteiger partial charge in [0.05, 0.1) is 13.0 Å². The van der Waals surface area contributed by atoms with Crippen LogP contribution in [0.25, 0.3) is 12.2 Å². The van der Waals surface area contributed by atoms with Crippen LogP contribution in [0.15, 0.2) is 18.9 Å². The summed E-state index contributed by atoms with van der Waals surface area (Å²) >= 11 is 0.